The molecule has 0 radical (unpaired) electrons. The molecule has 4 N–H and O–H groups in total. The monoisotopic (exact) mass is 210 g/mol. The van der Waals surface area contributed by atoms with Crippen LogP contribution < -0.4 is 22.3 Å². The van der Waals surface area contributed by atoms with Gasteiger partial charge in [0, 0.05) is 12.1 Å². The summed E-state index contributed by atoms with van der Waals surface area (Å²) < 4.78 is 1.47. The van der Waals surface area contributed by atoms with Crippen LogP contribution >= 0.6 is 0 Å². The number of anilines is 1. The predicted molar refractivity (Wildman–Crippen MR) is 56.9 cm³/mol. The third-order valence-corrected chi connectivity index (χ3v) is 2.68. The lowest BCUT2D eigenvalue weighted by atomic mass is 10.1. The van der Waals surface area contributed by atoms with Crippen LogP contribution in [0.25, 0.3) is 0 Å². The van der Waals surface area contributed by atoms with Crippen molar-refractivity contribution in [3.05, 3.63) is 26.9 Å². The largest absolute Gasteiger partial charge is 0.385 e. The number of rotatable bonds is 1. The highest BCUT2D eigenvalue weighted by Gasteiger charge is 2.18. The van der Waals surface area contributed by atoms with E-state index in [4.69, 9.17) is 5.73 Å². The van der Waals surface area contributed by atoms with Gasteiger partial charge in [-0.3, -0.25) is 14.3 Å². The first kappa shape index (κ1) is 9.97. The average molecular weight is 210 g/mol. The minimum absolute atomic E-state index is 0.0931. The normalized spacial score (nSPS) is 17.9. The fourth-order valence-corrected chi connectivity index (χ4v) is 1.96. The van der Waals surface area contributed by atoms with Crippen LogP contribution in [0.3, 0.4) is 0 Å². The lowest BCUT2D eigenvalue weighted by Crippen LogP contribution is -2.38. The molecule has 1 aromatic rings. The molecule has 82 valence electrons. The van der Waals surface area contributed by atoms with Gasteiger partial charge in [-0.15, -0.1) is 0 Å². The predicted octanol–water partition coefficient (Wildman–Crippen LogP) is -0.957. The first-order chi connectivity index (χ1) is 7.18. The number of aromatic nitrogens is 2. The number of nitrogens with two attached hydrogens (primary N) is 1. The number of aromatic amines is 1. The molecular weight excluding hydrogens is 196 g/mol. The fraction of sp³-hybridized carbons (Fsp3) is 0.556. The Morgan fingerprint density at radius 3 is 2.60 bits per heavy atom. The van der Waals surface area contributed by atoms with Crippen molar-refractivity contribution in [2.75, 3.05) is 18.8 Å². The van der Waals surface area contributed by atoms with Crippen LogP contribution in [0.1, 0.15) is 18.9 Å². The van der Waals surface area contributed by atoms with Crippen molar-refractivity contribution < 1.29 is 0 Å². The summed E-state index contributed by atoms with van der Waals surface area (Å²) in [5, 5.41) is 3.21. The highest BCUT2D eigenvalue weighted by molar-refractivity contribution is 5.27. The summed E-state index contributed by atoms with van der Waals surface area (Å²) in [6.45, 7) is 1.74. The average Bonchev–Trinajstić information content (AvgIpc) is 2.17. The molecule has 1 aliphatic heterocycles. The topological polar surface area (TPSA) is 92.9 Å². The van der Waals surface area contributed by atoms with Gasteiger partial charge in [0.1, 0.15) is 5.82 Å². The summed E-state index contributed by atoms with van der Waals surface area (Å²) in [6, 6.07) is 1.35. The summed E-state index contributed by atoms with van der Waals surface area (Å²) in [6.07, 6.45) is 1.71. The van der Waals surface area contributed by atoms with Gasteiger partial charge in [0.25, 0.3) is 5.56 Å². The van der Waals surface area contributed by atoms with E-state index in [9.17, 15) is 9.59 Å². The number of hydrogen-bond acceptors (Lipinski definition) is 4. The highest BCUT2D eigenvalue weighted by Crippen LogP contribution is 2.18. The van der Waals surface area contributed by atoms with E-state index in [1.54, 1.807) is 0 Å². The molecule has 6 nitrogen and oxygen atoms in total. The molecule has 0 aliphatic carbocycles. The smallest absolute Gasteiger partial charge is 0.330 e. The molecular formula is C9H14N4O2. The van der Waals surface area contributed by atoms with Crippen molar-refractivity contribution in [1.82, 2.24) is 14.9 Å². The molecule has 1 fully saturated rings. The van der Waals surface area contributed by atoms with E-state index in [2.05, 4.69) is 10.3 Å². The second kappa shape index (κ2) is 3.90. The molecule has 0 unspecified atom stereocenters. The number of nitrogen functional groups attached to an aromatic ring is 1. The number of piperidine rings is 1. The van der Waals surface area contributed by atoms with E-state index in [1.165, 1.54) is 10.6 Å². The first-order valence-corrected chi connectivity index (χ1v) is 5.00. The van der Waals surface area contributed by atoms with E-state index in [0.717, 1.165) is 25.9 Å². The molecule has 0 amide bonds. The molecule has 0 atom stereocenters. The molecule has 1 aliphatic rings. The lowest BCUT2D eigenvalue weighted by Gasteiger charge is -2.25. The molecule has 1 saturated heterocycles. The zero-order chi connectivity index (χ0) is 10.8. The van der Waals surface area contributed by atoms with Gasteiger partial charge in [0.2, 0.25) is 0 Å². The highest BCUT2D eigenvalue weighted by atomic mass is 16.2. The van der Waals surface area contributed by atoms with Gasteiger partial charge in [0.15, 0.2) is 0 Å². The van der Waals surface area contributed by atoms with Crippen molar-refractivity contribution >= 4 is 5.82 Å². The maximum absolute atomic E-state index is 11.6. The maximum atomic E-state index is 11.6. The number of nitrogens with one attached hydrogen (secondary N) is 2. The zero-order valence-electron chi connectivity index (χ0n) is 8.32. The van der Waals surface area contributed by atoms with Crippen LogP contribution in [-0.4, -0.2) is 22.6 Å². The third kappa shape index (κ3) is 1.94. The molecule has 6 heteroatoms. The van der Waals surface area contributed by atoms with Gasteiger partial charge in [-0.1, -0.05) is 0 Å². The van der Waals surface area contributed by atoms with Crippen molar-refractivity contribution in [3.63, 3.8) is 0 Å². The molecule has 2 heterocycles. The Bertz CT molecular complexity index is 456. The minimum atomic E-state index is -0.442. The molecule has 0 saturated carbocycles. The van der Waals surface area contributed by atoms with Crippen LogP contribution in [-0.2, 0) is 0 Å². The molecule has 1 aromatic heterocycles. The zero-order valence-corrected chi connectivity index (χ0v) is 8.32. The Labute approximate surface area is 86.1 Å². The molecule has 0 spiro atoms. The Morgan fingerprint density at radius 2 is 2.00 bits per heavy atom. The summed E-state index contributed by atoms with van der Waals surface area (Å²) >= 11 is 0. The molecule has 2 rings (SSSR count). The van der Waals surface area contributed by atoms with E-state index in [-0.39, 0.29) is 11.9 Å². The van der Waals surface area contributed by atoms with Crippen LogP contribution in [0.15, 0.2) is 15.7 Å². The number of nitrogens with zero attached hydrogens (tertiary/aromatic N) is 1. The number of H-pyrrole nitrogens is 1. The van der Waals surface area contributed by atoms with Crippen molar-refractivity contribution in [1.29, 1.82) is 0 Å². The van der Waals surface area contributed by atoms with Crippen molar-refractivity contribution in [2.24, 2.45) is 0 Å². The Hall–Kier alpha value is -1.56. The van der Waals surface area contributed by atoms with E-state index >= 15 is 0 Å². The molecule has 15 heavy (non-hydrogen) atoms. The van der Waals surface area contributed by atoms with Gasteiger partial charge < -0.3 is 11.1 Å². The summed E-state index contributed by atoms with van der Waals surface area (Å²) in [4.78, 5) is 24.8. The van der Waals surface area contributed by atoms with Crippen LogP contribution in [0.5, 0.6) is 0 Å². The number of hydrogen-bond donors (Lipinski definition) is 3. The second-order valence-electron chi connectivity index (χ2n) is 3.71. The van der Waals surface area contributed by atoms with Gasteiger partial charge in [-0.25, -0.2) is 4.79 Å². The Morgan fingerprint density at radius 1 is 1.33 bits per heavy atom. The lowest BCUT2D eigenvalue weighted by molar-refractivity contribution is 0.360. The van der Waals surface area contributed by atoms with Gasteiger partial charge in [-0.05, 0) is 25.9 Å². The fourth-order valence-electron chi connectivity index (χ4n) is 1.96. The van der Waals surface area contributed by atoms with Gasteiger partial charge in [-0.2, -0.15) is 0 Å². The maximum Gasteiger partial charge on any atom is 0.330 e. The first-order valence-electron chi connectivity index (χ1n) is 5.00. The van der Waals surface area contributed by atoms with Gasteiger partial charge >= 0.3 is 5.69 Å². The Kier molecular flexibility index (Phi) is 2.59. The van der Waals surface area contributed by atoms with E-state index in [0.29, 0.717) is 0 Å². The van der Waals surface area contributed by atoms with Crippen molar-refractivity contribution in [2.45, 2.75) is 18.9 Å². The summed E-state index contributed by atoms with van der Waals surface area (Å²) in [5.41, 5.74) is 4.82. The van der Waals surface area contributed by atoms with E-state index < -0.39 is 11.2 Å². The molecule has 0 aromatic carbocycles. The molecule has 0 bridgehead atoms. The third-order valence-electron chi connectivity index (χ3n) is 2.68. The summed E-state index contributed by atoms with van der Waals surface area (Å²) in [5.74, 6) is 0.246. The Balaban J connectivity index is 2.42. The summed E-state index contributed by atoms with van der Waals surface area (Å²) in [7, 11) is 0. The van der Waals surface area contributed by atoms with Crippen LogP contribution in [0.2, 0.25) is 0 Å². The standard InChI is InChI=1S/C9H14N4O2/c10-7-5-8(14)12-9(15)13(7)6-1-3-11-4-2-6/h5-6,11H,1-4,10H2,(H,12,14,15). The minimum Gasteiger partial charge on any atom is -0.385 e. The van der Waals surface area contributed by atoms with E-state index in [1.807, 2.05) is 0 Å². The van der Waals surface area contributed by atoms with Crippen molar-refractivity contribution in [3.8, 4) is 0 Å². The second-order valence-corrected chi connectivity index (χ2v) is 3.71. The quantitative estimate of drug-likeness (QED) is 0.556. The SMILES string of the molecule is Nc1cc(=O)[nH]c(=O)n1C1CCNCC1. The van der Waals surface area contributed by atoms with Gasteiger partial charge in [0.05, 0.1) is 0 Å². The van der Waals surface area contributed by atoms with Crippen LogP contribution in [0, 0.1) is 0 Å². The van der Waals surface area contributed by atoms with Crippen LogP contribution in [0.4, 0.5) is 5.82 Å².